The van der Waals surface area contributed by atoms with Crippen LogP contribution in [0.2, 0.25) is 0 Å². The minimum atomic E-state index is -0.581. The molecule has 0 aromatic carbocycles. The lowest BCUT2D eigenvalue weighted by Crippen LogP contribution is -2.48. The molecule has 1 amide bonds. The number of hydrogen-bond acceptors (Lipinski definition) is 5. The monoisotopic (exact) mass is 368 g/mol. The van der Waals surface area contributed by atoms with E-state index in [2.05, 4.69) is 16.2 Å². The molecule has 0 saturated heterocycles. The van der Waals surface area contributed by atoms with Crippen LogP contribution in [0.1, 0.15) is 52.1 Å². The van der Waals surface area contributed by atoms with Crippen LogP contribution in [0.15, 0.2) is 36.0 Å². The van der Waals surface area contributed by atoms with Crippen LogP contribution in [0.5, 0.6) is 5.75 Å². The highest BCUT2D eigenvalue weighted by Gasteiger charge is 2.32. The number of terminal acetylenes is 1. The highest BCUT2D eigenvalue weighted by Crippen LogP contribution is 2.30. The first-order valence-electron chi connectivity index (χ1n) is 8.57. The zero-order chi connectivity index (χ0) is 18.4. The molecule has 5 nitrogen and oxygen atoms in total. The summed E-state index contributed by atoms with van der Waals surface area (Å²) >= 11 is 1.27. The Kier molecular flexibility index (Phi) is 5.69. The summed E-state index contributed by atoms with van der Waals surface area (Å²) in [6.45, 7) is -0.150. The second kappa shape index (κ2) is 8.15. The molecule has 1 fully saturated rings. The number of carbonyl (C=O) groups excluding carboxylic acids is 2. The predicted octanol–water partition coefficient (Wildman–Crippen LogP) is 3.47. The SMILES string of the molecule is C#CC1(NC(=O)c2sccc2OCC(=O)c2cccnc2)CCCCC1. The van der Waals surface area contributed by atoms with Gasteiger partial charge in [0.25, 0.3) is 5.91 Å². The maximum Gasteiger partial charge on any atom is 0.266 e. The van der Waals surface area contributed by atoms with E-state index in [1.165, 1.54) is 17.5 Å². The highest BCUT2D eigenvalue weighted by atomic mass is 32.1. The van der Waals surface area contributed by atoms with Gasteiger partial charge < -0.3 is 10.1 Å². The number of carbonyl (C=O) groups is 2. The molecule has 2 aromatic heterocycles. The highest BCUT2D eigenvalue weighted by molar-refractivity contribution is 7.12. The molecule has 0 atom stereocenters. The number of nitrogens with one attached hydrogen (secondary N) is 1. The van der Waals surface area contributed by atoms with Gasteiger partial charge in [-0.25, -0.2) is 0 Å². The van der Waals surface area contributed by atoms with Crippen molar-refractivity contribution < 1.29 is 14.3 Å². The van der Waals surface area contributed by atoms with Crippen molar-refractivity contribution in [1.29, 1.82) is 0 Å². The molecule has 0 aliphatic heterocycles. The number of Topliss-reactive ketones (excluding diaryl/α,β-unsaturated/α-hetero) is 1. The standard InChI is InChI=1S/C20H20N2O3S/c1-2-20(9-4-3-5-10-20)22-19(24)18-17(8-12-26-18)25-14-16(23)15-7-6-11-21-13-15/h1,6-8,11-13H,3-5,9-10,14H2,(H,22,24). The normalized spacial score (nSPS) is 15.7. The maximum absolute atomic E-state index is 12.7. The van der Waals surface area contributed by atoms with Gasteiger partial charge in [-0.1, -0.05) is 25.2 Å². The Morgan fingerprint density at radius 1 is 1.31 bits per heavy atom. The molecular weight excluding hydrogens is 348 g/mol. The van der Waals surface area contributed by atoms with Crippen molar-refractivity contribution >= 4 is 23.0 Å². The molecule has 0 spiro atoms. The molecule has 6 heteroatoms. The summed E-state index contributed by atoms with van der Waals surface area (Å²) in [5.74, 6) is 2.73. The van der Waals surface area contributed by atoms with Crippen LogP contribution in [0.25, 0.3) is 0 Å². The Hall–Kier alpha value is -2.65. The van der Waals surface area contributed by atoms with E-state index in [1.54, 1.807) is 29.8 Å². The van der Waals surface area contributed by atoms with Gasteiger partial charge in [-0.05, 0) is 36.4 Å². The van der Waals surface area contributed by atoms with Crippen LogP contribution < -0.4 is 10.1 Å². The lowest BCUT2D eigenvalue weighted by molar-refractivity contribution is 0.0884. The fraction of sp³-hybridized carbons (Fsp3) is 0.350. The third-order valence-corrected chi connectivity index (χ3v) is 5.41. The molecule has 0 bridgehead atoms. The van der Waals surface area contributed by atoms with E-state index >= 15 is 0 Å². The van der Waals surface area contributed by atoms with Crippen molar-refractivity contribution in [2.24, 2.45) is 0 Å². The van der Waals surface area contributed by atoms with E-state index in [-0.39, 0.29) is 18.3 Å². The van der Waals surface area contributed by atoms with Crippen LogP contribution in [-0.2, 0) is 0 Å². The van der Waals surface area contributed by atoms with Crippen LogP contribution in [0, 0.1) is 12.3 Å². The van der Waals surface area contributed by atoms with E-state index in [1.807, 2.05) is 0 Å². The average Bonchev–Trinajstić information content (AvgIpc) is 3.16. The van der Waals surface area contributed by atoms with Gasteiger partial charge in [0, 0.05) is 18.0 Å². The van der Waals surface area contributed by atoms with Crippen molar-refractivity contribution in [2.75, 3.05) is 6.61 Å². The number of ether oxygens (including phenoxy) is 1. The lowest BCUT2D eigenvalue weighted by atomic mass is 9.82. The molecule has 2 aromatic rings. The molecular formula is C20H20N2O3S. The van der Waals surface area contributed by atoms with E-state index in [0.717, 1.165) is 32.1 Å². The van der Waals surface area contributed by atoms with Gasteiger partial charge in [-0.2, -0.15) is 0 Å². The summed E-state index contributed by atoms with van der Waals surface area (Å²) in [7, 11) is 0. The minimum absolute atomic E-state index is 0.150. The third-order valence-electron chi connectivity index (χ3n) is 4.51. The van der Waals surface area contributed by atoms with Gasteiger partial charge in [0.15, 0.2) is 6.61 Å². The minimum Gasteiger partial charge on any atom is -0.484 e. The Bertz CT molecular complexity index is 817. The fourth-order valence-electron chi connectivity index (χ4n) is 3.07. The summed E-state index contributed by atoms with van der Waals surface area (Å²) in [6, 6.07) is 5.07. The van der Waals surface area contributed by atoms with Crippen LogP contribution in [0.4, 0.5) is 0 Å². The summed E-state index contributed by atoms with van der Waals surface area (Å²) in [6.07, 6.45) is 13.5. The molecule has 3 rings (SSSR count). The van der Waals surface area contributed by atoms with Gasteiger partial charge in [0.2, 0.25) is 5.78 Å². The quantitative estimate of drug-likeness (QED) is 0.626. The zero-order valence-corrected chi connectivity index (χ0v) is 15.2. The van der Waals surface area contributed by atoms with E-state index in [9.17, 15) is 9.59 Å². The molecule has 1 N–H and O–H groups in total. The summed E-state index contributed by atoms with van der Waals surface area (Å²) < 4.78 is 5.59. The van der Waals surface area contributed by atoms with Gasteiger partial charge in [-0.3, -0.25) is 14.6 Å². The number of amides is 1. The summed E-state index contributed by atoms with van der Waals surface area (Å²) in [5.41, 5.74) is -0.107. The van der Waals surface area contributed by atoms with Crippen LogP contribution in [0.3, 0.4) is 0 Å². The second-order valence-corrected chi connectivity index (χ2v) is 7.22. The van der Waals surface area contributed by atoms with Gasteiger partial charge >= 0.3 is 0 Å². The Morgan fingerprint density at radius 2 is 2.12 bits per heavy atom. The lowest BCUT2D eigenvalue weighted by Gasteiger charge is -2.33. The summed E-state index contributed by atoms with van der Waals surface area (Å²) in [4.78, 5) is 29.2. The first-order chi connectivity index (χ1) is 12.6. The first kappa shape index (κ1) is 18.2. The molecule has 0 radical (unpaired) electrons. The smallest absolute Gasteiger partial charge is 0.266 e. The number of ketones is 1. The molecule has 26 heavy (non-hydrogen) atoms. The average molecular weight is 368 g/mol. The number of hydrogen-bond donors (Lipinski definition) is 1. The Labute approximate surface area is 156 Å². The topological polar surface area (TPSA) is 68.3 Å². The van der Waals surface area contributed by atoms with Crippen molar-refractivity contribution in [3.63, 3.8) is 0 Å². The van der Waals surface area contributed by atoms with Crippen LogP contribution in [-0.4, -0.2) is 28.8 Å². The van der Waals surface area contributed by atoms with Crippen molar-refractivity contribution in [1.82, 2.24) is 10.3 Å². The largest absolute Gasteiger partial charge is 0.484 e. The zero-order valence-electron chi connectivity index (χ0n) is 14.4. The van der Waals surface area contributed by atoms with E-state index in [4.69, 9.17) is 11.2 Å². The molecule has 1 aliphatic carbocycles. The predicted molar refractivity (Wildman–Crippen MR) is 100 cm³/mol. The number of aromatic nitrogens is 1. The Balaban J connectivity index is 1.65. The third kappa shape index (κ3) is 4.12. The molecule has 0 unspecified atom stereocenters. The molecule has 1 aliphatic rings. The number of pyridine rings is 1. The fourth-order valence-corrected chi connectivity index (χ4v) is 3.79. The van der Waals surface area contributed by atoms with Gasteiger partial charge in [0.1, 0.15) is 16.2 Å². The van der Waals surface area contributed by atoms with Crippen molar-refractivity contribution in [3.8, 4) is 18.1 Å². The number of nitrogens with zero attached hydrogens (tertiary/aromatic N) is 1. The number of thiophene rings is 1. The van der Waals surface area contributed by atoms with Crippen molar-refractivity contribution in [2.45, 2.75) is 37.6 Å². The van der Waals surface area contributed by atoms with Crippen LogP contribution >= 0.6 is 11.3 Å². The summed E-state index contributed by atoms with van der Waals surface area (Å²) in [5, 5.41) is 4.77. The molecule has 1 saturated carbocycles. The maximum atomic E-state index is 12.7. The van der Waals surface area contributed by atoms with E-state index in [0.29, 0.717) is 16.2 Å². The van der Waals surface area contributed by atoms with Gasteiger partial charge in [0.05, 0.1) is 0 Å². The molecule has 134 valence electrons. The first-order valence-corrected chi connectivity index (χ1v) is 9.45. The Morgan fingerprint density at radius 3 is 2.81 bits per heavy atom. The number of rotatable bonds is 6. The molecule has 2 heterocycles. The van der Waals surface area contributed by atoms with Crippen molar-refractivity contribution in [3.05, 3.63) is 46.4 Å². The second-order valence-electron chi connectivity index (χ2n) is 6.31. The van der Waals surface area contributed by atoms with E-state index < -0.39 is 5.54 Å². The van der Waals surface area contributed by atoms with Gasteiger partial charge in [-0.15, -0.1) is 17.8 Å².